The maximum absolute atomic E-state index is 12.1. The molecular weight excluding hydrogens is 277 g/mol. The fraction of sp³-hybridized carbons (Fsp3) is 0.333. The summed E-state index contributed by atoms with van der Waals surface area (Å²) in [7, 11) is 0. The van der Waals surface area contributed by atoms with Gasteiger partial charge in [-0.1, -0.05) is 12.1 Å². The summed E-state index contributed by atoms with van der Waals surface area (Å²) in [5.74, 6) is -0.654. The summed E-state index contributed by atoms with van der Waals surface area (Å²) in [5, 5.41) is 10.5. The van der Waals surface area contributed by atoms with Gasteiger partial charge in [-0.25, -0.2) is 0 Å². The molecular formula is C12H11F3N2O3. The Morgan fingerprint density at radius 3 is 2.40 bits per heavy atom. The molecule has 8 heteroatoms. The van der Waals surface area contributed by atoms with Crippen LogP contribution in [0.3, 0.4) is 0 Å². The number of nitriles is 1. The van der Waals surface area contributed by atoms with Crippen LogP contribution in [0, 0.1) is 11.3 Å². The average Bonchev–Trinajstić information content (AvgIpc) is 2.40. The highest BCUT2D eigenvalue weighted by molar-refractivity contribution is 5.77. The zero-order valence-corrected chi connectivity index (χ0v) is 10.2. The Hall–Kier alpha value is -2.43. The molecule has 20 heavy (non-hydrogen) atoms. The predicted molar refractivity (Wildman–Crippen MR) is 62.1 cm³/mol. The largest absolute Gasteiger partial charge is 0.480 e. The topological polar surface area (TPSA) is 71.4 Å². The van der Waals surface area contributed by atoms with Crippen molar-refractivity contribution in [2.75, 3.05) is 19.8 Å². The third kappa shape index (κ3) is 5.95. The molecule has 0 atom stereocenters. The van der Waals surface area contributed by atoms with Gasteiger partial charge in [0.15, 0.2) is 24.7 Å². The van der Waals surface area contributed by atoms with Crippen molar-refractivity contribution in [2.24, 2.45) is 0 Å². The second-order valence-electron chi connectivity index (χ2n) is 3.57. The minimum Gasteiger partial charge on any atom is -0.480 e. The summed E-state index contributed by atoms with van der Waals surface area (Å²) in [4.78, 5) is 11.2. The minimum atomic E-state index is -4.46. The average molecular weight is 288 g/mol. The van der Waals surface area contributed by atoms with Crippen molar-refractivity contribution < 1.29 is 27.4 Å². The van der Waals surface area contributed by atoms with Crippen molar-refractivity contribution in [3.8, 4) is 17.6 Å². The Labute approximate surface area is 112 Å². The van der Waals surface area contributed by atoms with Gasteiger partial charge in [0, 0.05) is 0 Å². The number of nitrogens with one attached hydrogen (secondary N) is 1. The van der Waals surface area contributed by atoms with Crippen LogP contribution in [0.5, 0.6) is 11.5 Å². The standard InChI is InChI=1S/C12H11F3N2O3/c13-12(14,15)8-20-10-4-2-1-3-9(10)19-7-11(18)17-6-5-16/h1-4H,6-8H2,(H,17,18). The number of para-hydroxylation sites is 2. The van der Waals surface area contributed by atoms with E-state index >= 15 is 0 Å². The lowest BCUT2D eigenvalue weighted by Gasteiger charge is -2.13. The SMILES string of the molecule is N#CCNC(=O)COc1ccccc1OCC(F)(F)F. The highest BCUT2D eigenvalue weighted by Gasteiger charge is 2.28. The van der Waals surface area contributed by atoms with Crippen LogP contribution < -0.4 is 14.8 Å². The van der Waals surface area contributed by atoms with Gasteiger partial charge in [0.05, 0.1) is 6.07 Å². The van der Waals surface area contributed by atoms with Crippen LogP contribution >= 0.6 is 0 Å². The van der Waals surface area contributed by atoms with Gasteiger partial charge in [0.25, 0.3) is 5.91 Å². The normalized spacial score (nSPS) is 10.5. The molecule has 1 amide bonds. The van der Waals surface area contributed by atoms with E-state index in [0.717, 1.165) is 0 Å². The summed E-state index contributed by atoms with van der Waals surface area (Å²) >= 11 is 0. The Morgan fingerprint density at radius 1 is 1.25 bits per heavy atom. The Morgan fingerprint density at radius 2 is 1.85 bits per heavy atom. The molecule has 0 spiro atoms. The second-order valence-corrected chi connectivity index (χ2v) is 3.57. The first-order valence-electron chi connectivity index (χ1n) is 5.47. The van der Waals surface area contributed by atoms with Gasteiger partial charge < -0.3 is 14.8 Å². The Balaban J connectivity index is 2.57. The van der Waals surface area contributed by atoms with Gasteiger partial charge in [-0.2, -0.15) is 18.4 Å². The number of carbonyl (C=O) groups is 1. The van der Waals surface area contributed by atoms with E-state index in [-0.39, 0.29) is 18.0 Å². The summed E-state index contributed by atoms with van der Waals surface area (Å²) in [6, 6.07) is 7.40. The molecule has 0 aromatic heterocycles. The maximum Gasteiger partial charge on any atom is 0.422 e. The molecule has 0 heterocycles. The van der Waals surface area contributed by atoms with Crippen molar-refractivity contribution in [2.45, 2.75) is 6.18 Å². The number of ether oxygens (including phenoxy) is 2. The molecule has 0 aliphatic rings. The van der Waals surface area contributed by atoms with Crippen LogP contribution in [0.25, 0.3) is 0 Å². The predicted octanol–water partition coefficient (Wildman–Crippen LogP) is 1.65. The van der Waals surface area contributed by atoms with Crippen LogP contribution in [0.4, 0.5) is 13.2 Å². The van der Waals surface area contributed by atoms with Gasteiger partial charge in [0.1, 0.15) is 6.54 Å². The van der Waals surface area contributed by atoms with E-state index in [1.165, 1.54) is 24.3 Å². The molecule has 0 aliphatic carbocycles. The first kappa shape index (κ1) is 15.6. The van der Waals surface area contributed by atoms with E-state index < -0.39 is 25.3 Å². The molecule has 0 fully saturated rings. The number of hydrogen-bond acceptors (Lipinski definition) is 4. The highest BCUT2D eigenvalue weighted by Crippen LogP contribution is 2.28. The summed E-state index contributed by atoms with van der Waals surface area (Å²) < 4.78 is 45.8. The van der Waals surface area contributed by atoms with Crippen LogP contribution in [-0.4, -0.2) is 31.8 Å². The second kappa shape index (κ2) is 7.23. The lowest BCUT2D eigenvalue weighted by atomic mass is 10.3. The molecule has 1 rings (SSSR count). The number of halogens is 3. The van der Waals surface area contributed by atoms with Crippen LogP contribution in [-0.2, 0) is 4.79 Å². The maximum atomic E-state index is 12.1. The fourth-order valence-electron chi connectivity index (χ4n) is 1.18. The van der Waals surface area contributed by atoms with Gasteiger partial charge in [-0.05, 0) is 12.1 Å². The molecule has 108 valence electrons. The molecule has 0 unspecified atom stereocenters. The van der Waals surface area contributed by atoms with Crippen LogP contribution in [0.2, 0.25) is 0 Å². The molecule has 5 nitrogen and oxygen atoms in total. The Kier molecular flexibility index (Phi) is 5.65. The molecule has 0 radical (unpaired) electrons. The minimum absolute atomic E-state index is 0.0175. The monoisotopic (exact) mass is 288 g/mol. The van der Waals surface area contributed by atoms with E-state index in [1.54, 1.807) is 6.07 Å². The van der Waals surface area contributed by atoms with Gasteiger partial charge in [-0.3, -0.25) is 4.79 Å². The van der Waals surface area contributed by atoms with Gasteiger partial charge in [0.2, 0.25) is 0 Å². The van der Waals surface area contributed by atoms with E-state index in [0.29, 0.717) is 0 Å². The number of rotatable bonds is 6. The van der Waals surface area contributed by atoms with Crippen molar-refractivity contribution in [1.82, 2.24) is 5.32 Å². The number of amides is 1. The lowest BCUT2D eigenvalue weighted by Crippen LogP contribution is -2.29. The zero-order chi connectivity index (χ0) is 15.0. The molecule has 1 N–H and O–H groups in total. The lowest BCUT2D eigenvalue weighted by molar-refractivity contribution is -0.153. The third-order valence-electron chi connectivity index (χ3n) is 1.96. The summed E-state index contributed by atoms with van der Waals surface area (Å²) in [6.07, 6.45) is -4.46. The summed E-state index contributed by atoms with van der Waals surface area (Å²) in [5.41, 5.74) is 0. The highest BCUT2D eigenvalue weighted by atomic mass is 19.4. The van der Waals surface area contributed by atoms with E-state index in [9.17, 15) is 18.0 Å². The molecule has 0 saturated heterocycles. The zero-order valence-electron chi connectivity index (χ0n) is 10.2. The first-order valence-corrected chi connectivity index (χ1v) is 5.47. The molecule has 1 aromatic rings. The molecule has 0 saturated carbocycles. The number of alkyl halides is 3. The quantitative estimate of drug-likeness (QED) is 0.808. The van der Waals surface area contributed by atoms with Crippen molar-refractivity contribution in [3.05, 3.63) is 24.3 Å². The van der Waals surface area contributed by atoms with Gasteiger partial charge >= 0.3 is 6.18 Å². The van der Waals surface area contributed by atoms with E-state index in [1.807, 2.05) is 0 Å². The first-order chi connectivity index (χ1) is 9.42. The number of benzene rings is 1. The molecule has 1 aromatic carbocycles. The van der Waals surface area contributed by atoms with E-state index in [2.05, 4.69) is 10.1 Å². The molecule has 0 bridgehead atoms. The van der Waals surface area contributed by atoms with Crippen molar-refractivity contribution in [3.63, 3.8) is 0 Å². The van der Waals surface area contributed by atoms with Crippen LogP contribution in [0.15, 0.2) is 24.3 Å². The van der Waals surface area contributed by atoms with Crippen molar-refractivity contribution in [1.29, 1.82) is 5.26 Å². The number of carbonyl (C=O) groups excluding carboxylic acids is 1. The third-order valence-corrected chi connectivity index (χ3v) is 1.96. The summed E-state index contributed by atoms with van der Waals surface area (Å²) in [6.45, 7) is -2.05. The smallest absolute Gasteiger partial charge is 0.422 e. The Bertz CT molecular complexity index is 497. The van der Waals surface area contributed by atoms with E-state index in [4.69, 9.17) is 10.00 Å². The van der Waals surface area contributed by atoms with Crippen molar-refractivity contribution >= 4 is 5.91 Å². The number of nitrogens with zero attached hydrogens (tertiary/aromatic N) is 1. The van der Waals surface area contributed by atoms with Crippen LogP contribution in [0.1, 0.15) is 0 Å². The number of hydrogen-bond donors (Lipinski definition) is 1. The molecule has 0 aliphatic heterocycles. The van der Waals surface area contributed by atoms with Gasteiger partial charge in [-0.15, -0.1) is 0 Å². The fourth-order valence-corrected chi connectivity index (χ4v) is 1.18.